The second-order valence-corrected chi connectivity index (χ2v) is 9.81. The number of rotatable bonds is 6. The van der Waals surface area contributed by atoms with Crippen molar-refractivity contribution in [2.24, 2.45) is 0 Å². The van der Waals surface area contributed by atoms with Crippen molar-refractivity contribution in [1.82, 2.24) is 14.3 Å². The Labute approximate surface area is 222 Å². The molecule has 0 spiro atoms. The van der Waals surface area contributed by atoms with Gasteiger partial charge in [-0.1, -0.05) is 42.0 Å². The molecule has 0 saturated carbocycles. The van der Waals surface area contributed by atoms with Crippen LogP contribution in [0.3, 0.4) is 0 Å². The first kappa shape index (κ1) is 25.7. The number of aromatic nitrogens is 2. The van der Waals surface area contributed by atoms with E-state index in [1.54, 1.807) is 35.2 Å². The van der Waals surface area contributed by atoms with Gasteiger partial charge in [-0.15, -0.1) is 0 Å². The quantitative estimate of drug-likeness (QED) is 0.292. The number of nitrogens with zero attached hydrogens (tertiary/aromatic N) is 4. The van der Waals surface area contributed by atoms with E-state index in [1.165, 1.54) is 11.6 Å². The molecule has 1 amide bonds. The van der Waals surface area contributed by atoms with E-state index in [2.05, 4.69) is 9.36 Å². The first-order chi connectivity index (χ1) is 18.2. The number of carbonyl (C=O) groups is 1. The number of piperazine rings is 1. The number of benzene rings is 3. The zero-order valence-corrected chi connectivity index (χ0v) is 21.4. The number of anilines is 1. The lowest BCUT2D eigenvalue weighted by molar-refractivity contribution is -0.137. The van der Waals surface area contributed by atoms with E-state index in [4.69, 9.17) is 4.74 Å². The highest BCUT2D eigenvalue weighted by atomic mass is 32.1. The summed E-state index contributed by atoms with van der Waals surface area (Å²) in [7, 11) is 0. The van der Waals surface area contributed by atoms with Gasteiger partial charge in [-0.05, 0) is 48.9 Å². The molecule has 38 heavy (non-hydrogen) atoms. The smallest absolute Gasteiger partial charge is 0.416 e. The van der Waals surface area contributed by atoms with Crippen LogP contribution in [0.5, 0.6) is 10.9 Å². The summed E-state index contributed by atoms with van der Waals surface area (Å²) in [4.78, 5) is 21.2. The Bertz CT molecular complexity index is 1410. The fourth-order valence-electron chi connectivity index (χ4n) is 4.26. The Morgan fingerprint density at radius 1 is 0.974 bits per heavy atom. The zero-order chi connectivity index (χ0) is 26.7. The molecule has 0 aliphatic carbocycles. The Kier molecular flexibility index (Phi) is 7.33. The van der Waals surface area contributed by atoms with E-state index in [0.29, 0.717) is 60.6 Å². The Morgan fingerprint density at radius 2 is 1.71 bits per heavy atom. The summed E-state index contributed by atoms with van der Waals surface area (Å²) in [5.41, 5.74) is 2.60. The summed E-state index contributed by atoms with van der Waals surface area (Å²) >= 11 is 1.16. The number of halogens is 3. The van der Waals surface area contributed by atoms with Crippen LogP contribution in [0.4, 0.5) is 18.9 Å². The lowest BCUT2D eigenvalue weighted by Gasteiger charge is -2.36. The van der Waals surface area contributed by atoms with Crippen LogP contribution in [0.25, 0.3) is 0 Å². The molecule has 3 aromatic carbocycles. The molecular formula is C28H25F3N4O2S. The lowest BCUT2D eigenvalue weighted by atomic mass is 10.1. The van der Waals surface area contributed by atoms with Gasteiger partial charge in [0, 0.05) is 55.4 Å². The number of carbonyl (C=O) groups excluding carboxylic acids is 1. The molecule has 1 aliphatic rings. The summed E-state index contributed by atoms with van der Waals surface area (Å²) in [6.07, 6.45) is -3.79. The standard InChI is InChI=1S/C28H25F3N4O2S/c1-19-8-10-20(11-9-19)16-25-32-27(38-33-25)37-24-7-2-4-21(17-24)26(36)35-14-12-34(13-15-35)23-6-3-5-22(18-23)28(29,30)31/h2-11,17-18H,12-16H2,1H3. The van der Waals surface area contributed by atoms with E-state index in [9.17, 15) is 18.0 Å². The van der Waals surface area contributed by atoms with Gasteiger partial charge in [0.2, 0.25) is 0 Å². The Morgan fingerprint density at radius 3 is 2.45 bits per heavy atom. The topological polar surface area (TPSA) is 58.6 Å². The normalized spacial score (nSPS) is 14.0. The van der Waals surface area contributed by atoms with Crippen molar-refractivity contribution in [2.45, 2.75) is 19.5 Å². The van der Waals surface area contributed by atoms with Gasteiger partial charge in [-0.25, -0.2) is 0 Å². The molecule has 1 aliphatic heterocycles. The van der Waals surface area contributed by atoms with E-state index in [0.717, 1.165) is 29.2 Å². The van der Waals surface area contributed by atoms with Gasteiger partial charge < -0.3 is 14.5 Å². The molecular weight excluding hydrogens is 513 g/mol. The minimum atomic E-state index is -4.39. The maximum Gasteiger partial charge on any atom is 0.416 e. The van der Waals surface area contributed by atoms with Crippen molar-refractivity contribution < 1.29 is 22.7 Å². The molecule has 2 heterocycles. The van der Waals surface area contributed by atoms with Crippen molar-refractivity contribution >= 4 is 23.1 Å². The maximum absolute atomic E-state index is 13.1. The van der Waals surface area contributed by atoms with Gasteiger partial charge in [0.05, 0.1) is 5.56 Å². The van der Waals surface area contributed by atoms with Crippen molar-refractivity contribution in [2.75, 3.05) is 31.1 Å². The average molecular weight is 539 g/mol. The number of alkyl halides is 3. The van der Waals surface area contributed by atoms with E-state index in [-0.39, 0.29) is 5.91 Å². The van der Waals surface area contributed by atoms with Gasteiger partial charge in [0.25, 0.3) is 11.1 Å². The summed E-state index contributed by atoms with van der Waals surface area (Å²) in [6, 6.07) is 20.4. The number of hydrogen-bond donors (Lipinski definition) is 0. The van der Waals surface area contributed by atoms with Crippen LogP contribution in [0, 0.1) is 6.92 Å². The largest absolute Gasteiger partial charge is 0.430 e. The third kappa shape index (κ3) is 6.13. The number of hydrogen-bond acceptors (Lipinski definition) is 6. The van der Waals surface area contributed by atoms with Crippen LogP contribution in [-0.2, 0) is 12.6 Å². The number of aryl methyl sites for hydroxylation is 1. The second-order valence-electron chi connectivity index (χ2n) is 9.10. The van der Waals surface area contributed by atoms with Crippen LogP contribution in [0.1, 0.15) is 32.9 Å². The fourth-order valence-corrected chi connectivity index (χ4v) is 4.83. The molecule has 4 aromatic rings. The highest BCUT2D eigenvalue weighted by molar-refractivity contribution is 7.07. The molecule has 0 unspecified atom stereocenters. The van der Waals surface area contributed by atoms with Crippen LogP contribution >= 0.6 is 11.5 Å². The molecule has 5 rings (SSSR count). The molecule has 1 saturated heterocycles. The van der Waals surface area contributed by atoms with Crippen molar-refractivity contribution in [1.29, 1.82) is 0 Å². The van der Waals surface area contributed by atoms with Gasteiger partial charge >= 0.3 is 6.18 Å². The lowest BCUT2D eigenvalue weighted by Crippen LogP contribution is -2.48. The fraction of sp³-hybridized carbons (Fsp3) is 0.250. The molecule has 1 aromatic heterocycles. The summed E-state index contributed by atoms with van der Waals surface area (Å²) in [6.45, 7) is 3.73. The molecule has 1 fully saturated rings. The first-order valence-corrected chi connectivity index (χ1v) is 12.9. The highest BCUT2D eigenvalue weighted by Crippen LogP contribution is 2.32. The predicted molar refractivity (Wildman–Crippen MR) is 140 cm³/mol. The Hall–Kier alpha value is -3.92. The SMILES string of the molecule is Cc1ccc(Cc2nsc(Oc3cccc(C(=O)N4CCN(c5cccc(C(F)(F)F)c5)CC4)c3)n2)cc1. The zero-order valence-electron chi connectivity index (χ0n) is 20.6. The first-order valence-electron chi connectivity index (χ1n) is 12.1. The maximum atomic E-state index is 13.1. The van der Waals surface area contributed by atoms with Gasteiger partial charge in [0.1, 0.15) is 5.75 Å². The molecule has 0 radical (unpaired) electrons. The van der Waals surface area contributed by atoms with E-state index in [1.807, 2.05) is 36.1 Å². The Balaban J connectivity index is 1.19. The highest BCUT2D eigenvalue weighted by Gasteiger charge is 2.31. The minimum Gasteiger partial charge on any atom is -0.430 e. The number of amides is 1. The monoisotopic (exact) mass is 538 g/mol. The average Bonchev–Trinajstić information content (AvgIpc) is 3.36. The van der Waals surface area contributed by atoms with E-state index < -0.39 is 11.7 Å². The van der Waals surface area contributed by atoms with Crippen LogP contribution in [-0.4, -0.2) is 46.3 Å². The predicted octanol–water partition coefficient (Wildman–Crippen LogP) is 6.21. The number of ether oxygens (including phenoxy) is 1. The third-order valence-corrected chi connectivity index (χ3v) is 6.96. The molecule has 10 heteroatoms. The van der Waals surface area contributed by atoms with Crippen LogP contribution in [0.15, 0.2) is 72.8 Å². The van der Waals surface area contributed by atoms with Crippen molar-refractivity contribution in [3.63, 3.8) is 0 Å². The molecule has 0 atom stereocenters. The second kappa shape index (κ2) is 10.8. The minimum absolute atomic E-state index is 0.156. The summed E-state index contributed by atoms with van der Waals surface area (Å²) in [5.74, 6) is 0.993. The molecule has 196 valence electrons. The van der Waals surface area contributed by atoms with Gasteiger partial charge in [-0.3, -0.25) is 4.79 Å². The van der Waals surface area contributed by atoms with Crippen molar-refractivity contribution in [3.05, 3.63) is 101 Å². The van der Waals surface area contributed by atoms with Crippen LogP contribution < -0.4 is 9.64 Å². The van der Waals surface area contributed by atoms with E-state index >= 15 is 0 Å². The molecule has 0 N–H and O–H groups in total. The molecule has 0 bridgehead atoms. The van der Waals surface area contributed by atoms with Crippen LogP contribution in [0.2, 0.25) is 0 Å². The molecule has 6 nitrogen and oxygen atoms in total. The summed E-state index contributed by atoms with van der Waals surface area (Å²) < 4.78 is 49.5. The summed E-state index contributed by atoms with van der Waals surface area (Å²) in [5, 5.41) is 0.395. The van der Waals surface area contributed by atoms with Crippen molar-refractivity contribution in [3.8, 4) is 10.9 Å². The van der Waals surface area contributed by atoms with Gasteiger partial charge in [0.15, 0.2) is 5.82 Å². The third-order valence-electron chi connectivity index (χ3n) is 6.32. The van der Waals surface area contributed by atoms with Gasteiger partial charge in [-0.2, -0.15) is 22.5 Å².